The van der Waals surface area contributed by atoms with Gasteiger partial charge >= 0.3 is 0 Å². The van der Waals surface area contributed by atoms with Crippen LogP contribution in [0.3, 0.4) is 0 Å². The summed E-state index contributed by atoms with van der Waals surface area (Å²) in [4.78, 5) is 15.3. The van der Waals surface area contributed by atoms with E-state index in [1.807, 2.05) is 30.3 Å². The molecule has 2 fully saturated rings. The molecule has 0 spiro atoms. The molecule has 4 heteroatoms. The summed E-state index contributed by atoms with van der Waals surface area (Å²) in [6, 6.07) is 16.8. The number of nitrogens with one attached hydrogen (secondary N) is 1. The number of rotatable bonds is 8. The number of likely N-dealkylation sites (tertiary alicyclic amines) is 1. The lowest BCUT2D eigenvalue weighted by atomic mass is 9.56. The highest BCUT2D eigenvalue weighted by Gasteiger charge is 2.51. The first-order chi connectivity index (χ1) is 15.5. The van der Waals surface area contributed by atoms with Gasteiger partial charge in [0.2, 0.25) is 5.91 Å². The van der Waals surface area contributed by atoms with E-state index < -0.39 is 0 Å². The van der Waals surface area contributed by atoms with Crippen molar-refractivity contribution in [3.8, 4) is 5.75 Å². The van der Waals surface area contributed by atoms with Crippen molar-refractivity contribution < 1.29 is 9.90 Å². The van der Waals surface area contributed by atoms with Gasteiger partial charge in [-0.1, -0.05) is 43.3 Å². The molecule has 3 atom stereocenters. The average Bonchev–Trinajstić information content (AvgIpc) is 3.61. The Labute approximate surface area is 192 Å². The predicted molar refractivity (Wildman–Crippen MR) is 128 cm³/mol. The second-order valence-electron chi connectivity index (χ2n) is 10.3. The van der Waals surface area contributed by atoms with Gasteiger partial charge in [0.05, 0.1) is 0 Å². The molecule has 1 heterocycles. The maximum Gasteiger partial charge on any atom is 0.220 e. The van der Waals surface area contributed by atoms with Crippen molar-refractivity contribution in [1.29, 1.82) is 0 Å². The predicted octanol–water partition coefficient (Wildman–Crippen LogP) is 4.45. The molecule has 0 aromatic heterocycles. The van der Waals surface area contributed by atoms with Crippen LogP contribution in [0.4, 0.5) is 0 Å². The van der Waals surface area contributed by atoms with E-state index in [1.54, 1.807) is 0 Å². The van der Waals surface area contributed by atoms with Crippen molar-refractivity contribution in [3.63, 3.8) is 0 Å². The number of hydrogen-bond acceptors (Lipinski definition) is 3. The van der Waals surface area contributed by atoms with Gasteiger partial charge in [-0.05, 0) is 85.7 Å². The van der Waals surface area contributed by atoms with Crippen molar-refractivity contribution in [2.45, 2.75) is 63.3 Å². The minimum atomic E-state index is 0.0315. The van der Waals surface area contributed by atoms with Crippen molar-refractivity contribution in [3.05, 3.63) is 65.2 Å². The summed E-state index contributed by atoms with van der Waals surface area (Å²) in [6.45, 7) is 5.48. The molecule has 2 aromatic carbocycles. The molecule has 1 aliphatic heterocycles. The molecular formula is C28H36N2O2. The van der Waals surface area contributed by atoms with Gasteiger partial charge in [0.15, 0.2) is 0 Å². The Morgan fingerprint density at radius 1 is 1.19 bits per heavy atom. The number of fused-ring (bicyclic) bond motifs is 4. The number of phenolic OH excluding ortho intramolecular Hbond substituents is 1. The topological polar surface area (TPSA) is 52.6 Å². The molecule has 5 rings (SSSR count). The fraction of sp³-hybridized carbons (Fsp3) is 0.536. The van der Waals surface area contributed by atoms with Crippen LogP contribution in [-0.4, -0.2) is 41.6 Å². The average molecular weight is 433 g/mol. The first-order valence-corrected chi connectivity index (χ1v) is 12.4. The van der Waals surface area contributed by atoms with E-state index in [1.165, 1.54) is 36.1 Å². The molecule has 0 radical (unpaired) electrons. The number of benzene rings is 2. The Kier molecular flexibility index (Phi) is 5.98. The highest BCUT2D eigenvalue weighted by molar-refractivity contribution is 5.76. The summed E-state index contributed by atoms with van der Waals surface area (Å²) >= 11 is 0. The third kappa shape index (κ3) is 4.30. The number of aromatic hydroxyl groups is 1. The summed E-state index contributed by atoms with van der Waals surface area (Å²) in [7, 11) is 0. The smallest absolute Gasteiger partial charge is 0.220 e. The molecule has 2 aromatic rings. The van der Waals surface area contributed by atoms with E-state index in [0.717, 1.165) is 38.1 Å². The monoisotopic (exact) mass is 432 g/mol. The van der Waals surface area contributed by atoms with Crippen LogP contribution in [-0.2, 0) is 23.1 Å². The summed E-state index contributed by atoms with van der Waals surface area (Å²) < 4.78 is 0. The first-order valence-electron chi connectivity index (χ1n) is 12.4. The number of hydrogen-bond donors (Lipinski definition) is 2. The Morgan fingerprint density at radius 2 is 2.00 bits per heavy atom. The molecule has 170 valence electrons. The Morgan fingerprint density at radius 3 is 2.78 bits per heavy atom. The highest BCUT2D eigenvalue weighted by atomic mass is 16.3. The van der Waals surface area contributed by atoms with Crippen LogP contribution >= 0.6 is 0 Å². The van der Waals surface area contributed by atoms with Crippen molar-refractivity contribution in [2.24, 2.45) is 11.8 Å². The number of carbonyl (C=O) groups excluding carboxylic acids is 1. The fourth-order valence-corrected chi connectivity index (χ4v) is 6.30. The van der Waals surface area contributed by atoms with Crippen LogP contribution in [0.2, 0.25) is 0 Å². The van der Waals surface area contributed by atoms with Gasteiger partial charge in [-0.2, -0.15) is 0 Å². The first kappa shape index (κ1) is 21.5. The molecular weight excluding hydrogens is 396 g/mol. The van der Waals surface area contributed by atoms with Crippen LogP contribution < -0.4 is 5.32 Å². The third-order valence-corrected chi connectivity index (χ3v) is 8.39. The fourth-order valence-electron chi connectivity index (χ4n) is 6.30. The molecule has 3 aliphatic rings. The number of carbonyl (C=O) groups is 1. The lowest BCUT2D eigenvalue weighted by Crippen LogP contribution is -2.60. The van der Waals surface area contributed by atoms with Crippen LogP contribution in [0.1, 0.15) is 55.7 Å². The zero-order valence-corrected chi connectivity index (χ0v) is 19.2. The lowest BCUT2D eigenvalue weighted by molar-refractivity contribution is -0.121. The van der Waals surface area contributed by atoms with E-state index in [4.69, 9.17) is 0 Å². The lowest BCUT2D eigenvalue weighted by Gasteiger charge is -2.56. The molecule has 32 heavy (non-hydrogen) atoms. The Bertz CT molecular complexity index is 955. The molecule has 1 saturated carbocycles. The van der Waals surface area contributed by atoms with E-state index in [9.17, 15) is 9.90 Å². The van der Waals surface area contributed by atoms with Gasteiger partial charge in [-0.3, -0.25) is 9.69 Å². The number of piperidine rings is 1. The molecule has 2 aliphatic carbocycles. The summed E-state index contributed by atoms with van der Waals surface area (Å²) in [5.74, 6) is 1.92. The zero-order valence-electron chi connectivity index (χ0n) is 19.2. The molecule has 2 N–H and O–H groups in total. The second-order valence-corrected chi connectivity index (χ2v) is 10.3. The molecule has 2 bridgehead atoms. The summed E-state index contributed by atoms with van der Waals surface area (Å²) in [5.41, 5.74) is 3.95. The van der Waals surface area contributed by atoms with Gasteiger partial charge in [0.25, 0.3) is 0 Å². The van der Waals surface area contributed by atoms with E-state index >= 15 is 0 Å². The van der Waals surface area contributed by atoms with Crippen LogP contribution in [0.5, 0.6) is 5.75 Å². The standard InChI is InChI=1S/C28H36N2O2/c1-20-26-17-23-10-11-24(31)18-25(23)28(20,14-16-30(26)19-22-7-8-22)13-15-29-27(32)12-9-21-5-3-2-4-6-21/h2-6,10-11,18,20,22,26,31H,7-9,12-17,19H2,1H3,(H,29,32)/t20-,26+,28-/m0/s1. The second kappa shape index (κ2) is 8.90. The maximum atomic E-state index is 12.5. The Balaban J connectivity index is 1.27. The van der Waals surface area contributed by atoms with Crippen molar-refractivity contribution >= 4 is 5.91 Å². The van der Waals surface area contributed by atoms with Crippen molar-refractivity contribution in [1.82, 2.24) is 10.2 Å². The number of amides is 1. The zero-order chi connectivity index (χ0) is 22.1. The van der Waals surface area contributed by atoms with Crippen LogP contribution in [0.25, 0.3) is 0 Å². The minimum Gasteiger partial charge on any atom is -0.508 e. The van der Waals surface area contributed by atoms with E-state index in [0.29, 0.717) is 30.7 Å². The van der Waals surface area contributed by atoms with Crippen LogP contribution in [0, 0.1) is 11.8 Å². The quantitative estimate of drug-likeness (QED) is 0.648. The van der Waals surface area contributed by atoms with Crippen LogP contribution in [0.15, 0.2) is 48.5 Å². The minimum absolute atomic E-state index is 0.0315. The molecule has 1 amide bonds. The van der Waals surface area contributed by atoms with Gasteiger partial charge in [-0.25, -0.2) is 0 Å². The molecule has 4 nitrogen and oxygen atoms in total. The van der Waals surface area contributed by atoms with Gasteiger partial charge in [0, 0.05) is 31.0 Å². The normalized spacial score (nSPS) is 27.0. The number of nitrogens with zero attached hydrogens (tertiary/aromatic N) is 1. The van der Waals surface area contributed by atoms with E-state index in [2.05, 4.69) is 35.3 Å². The SMILES string of the molecule is C[C@H]1[C@H]2Cc3ccc(O)cc3[C@@]1(CCNC(=O)CCc1ccccc1)CCN2CC1CC1. The van der Waals surface area contributed by atoms with Gasteiger partial charge in [-0.15, -0.1) is 0 Å². The van der Waals surface area contributed by atoms with E-state index in [-0.39, 0.29) is 11.3 Å². The Hall–Kier alpha value is -2.33. The number of phenols is 1. The summed E-state index contributed by atoms with van der Waals surface area (Å²) in [6.07, 6.45) is 7.22. The number of aryl methyl sites for hydroxylation is 1. The largest absolute Gasteiger partial charge is 0.508 e. The third-order valence-electron chi connectivity index (χ3n) is 8.39. The van der Waals surface area contributed by atoms with Gasteiger partial charge < -0.3 is 10.4 Å². The van der Waals surface area contributed by atoms with Crippen molar-refractivity contribution in [2.75, 3.05) is 19.6 Å². The highest BCUT2D eigenvalue weighted by Crippen LogP contribution is 2.52. The molecule has 1 saturated heterocycles. The maximum absolute atomic E-state index is 12.5. The molecule has 0 unspecified atom stereocenters. The van der Waals surface area contributed by atoms with Gasteiger partial charge in [0.1, 0.15) is 5.75 Å². The summed E-state index contributed by atoms with van der Waals surface area (Å²) in [5, 5.41) is 13.5.